The van der Waals surface area contributed by atoms with Crippen LogP contribution in [0.1, 0.15) is 27.7 Å². The Morgan fingerprint density at radius 2 is 2.06 bits per heavy atom. The van der Waals surface area contributed by atoms with Gasteiger partial charge in [-0.2, -0.15) is 0 Å². The van der Waals surface area contributed by atoms with E-state index in [1.54, 1.807) is 32.9 Å². The van der Waals surface area contributed by atoms with Crippen molar-refractivity contribution < 1.29 is 13.6 Å². The fraction of sp³-hybridized carbons (Fsp3) is 0.231. The Morgan fingerprint density at radius 3 is 2.61 bits per heavy atom. The van der Waals surface area contributed by atoms with E-state index < -0.39 is 5.91 Å². The van der Waals surface area contributed by atoms with Crippen LogP contribution in [0.25, 0.3) is 0 Å². The fourth-order valence-electron chi connectivity index (χ4n) is 1.60. The number of hydrogen-bond donors (Lipinski definition) is 1. The Kier molecular flexibility index (Phi) is 3.14. The Hall–Kier alpha value is -2.17. The molecule has 1 amide bonds. The largest absolute Gasteiger partial charge is 0.445 e. The van der Waals surface area contributed by atoms with Gasteiger partial charge >= 0.3 is 0 Å². The van der Waals surface area contributed by atoms with Gasteiger partial charge in [-0.05, 0) is 31.5 Å². The Balaban J connectivity index is 2.21. The highest BCUT2D eigenvalue weighted by atomic mass is 19.1. The summed E-state index contributed by atoms with van der Waals surface area (Å²) in [5.41, 5.74) is 1.14. The first kappa shape index (κ1) is 12.3. The fourth-order valence-corrected chi connectivity index (χ4v) is 1.60. The number of halogens is 1. The molecule has 0 spiro atoms. The molecule has 2 aromatic rings. The van der Waals surface area contributed by atoms with Crippen molar-refractivity contribution in [2.45, 2.75) is 20.8 Å². The summed E-state index contributed by atoms with van der Waals surface area (Å²) in [6, 6.07) is 4.51. The minimum absolute atomic E-state index is 0.216. The molecule has 4 nitrogen and oxygen atoms in total. The third-order valence-corrected chi connectivity index (χ3v) is 2.55. The number of aromatic nitrogens is 1. The molecule has 0 unspecified atom stereocenters. The zero-order chi connectivity index (χ0) is 13.3. The number of nitrogens with zero attached hydrogens (tertiary/aromatic N) is 1. The van der Waals surface area contributed by atoms with Crippen molar-refractivity contribution >= 4 is 11.6 Å². The minimum Gasteiger partial charge on any atom is -0.445 e. The van der Waals surface area contributed by atoms with E-state index in [1.807, 2.05) is 0 Å². The Bertz CT molecular complexity index is 605. The van der Waals surface area contributed by atoms with Crippen molar-refractivity contribution in [1.29, 1.82) is 0 Å². The normalized spacial score (nSPS) is 10.4. The lowest BCUT2D eigenvalue weighted by molar-refractivity contribution is 0.102. The van der Waals surface area contributed by atoms with Crippen LogP contribution in [0.5, 0.6) is 0 Å². The highest BCUT2D eigenvalue weighted by Crippen LogP contribution is 2.16. The second-order valence-electron chi connectivity index (χ2n) is 4.06. The number of rotatable bonds is 2. The summed E-state index contributed by atoms with van der Waals surface area (Å²) in [7, 11) is 0. The molecule has 5 heteroatoms. The van der Waals surface area contributed by atoms with E-state index in [1.165, 1.54) is 6.07 Å². The van der Waals surface area contributed by atoms with Crippen LogP contribution in [0.4, 0.5) is 10.1 Å². The van der Waals surface area contributed by atoms with Crippen LogP contribution in [0, 0.1) is 26.6 Å². The molecule has 1 aromatic carbocycles. The summed E-state index contributed by atoms with van der Waals surface area (Å²) in [5, 5.41) is 2.58. The number of benzene rings is 1. The monoisotopic (exact) mass is 248 g/mol. The number of carbonyl (C=O) groups excluding carboxylic acids is 1. The van der Waals surface area contributed by atoms with Gasteiger partial charge in [-0.25, -0.2) is 9.37 Å². The van der Waals surface area contributed by atoms with Crippen molar-refractivity contribution in [3.63, 3.8) is 0 Å². The highest BCUT2D eigenvalue weighted by Gasteiger charge is 2.15. The van der Waals surface area contributed by atoms with Crippen molar-refractivity contribution in [1.82, 2.24) is 4.98 Å². The smallest absolute Gasteiger partial charge is 0.277 e. The van der Waals surface area contributed by atoms with Crippen LogP contribution in [0.15, 0.2) is 22.6 Å². The minimum atomic E-state index is -0.410. The first-order valence-corrected chi connectivity index (χ1v) is 5.49. The number of anilines is 1. The molecule has 18 heavy (non-hydrogen) atoms. The van der Waals surface area contributed by atoms with E-state index in [4.69, 9.17) is 4.42 Å². The number of hydrogen-bond acceptors (Lipinski definition) is 3. The number of amides is 1. The molecule has 94 valence electrons. The van der Waals surface area contributed by atoms with Gasteiger partial charge < -0.3 is 9.73 Å². The molecule has 0 saturated heterocycles. The topological polar surface area (TPSA) is 55.1 Å². The van der Waals surface area contributed by atoms with Crippen LogP contribution in [-0.2, 0) is 0 Å². The number of carbonyl (C=O) groups is 1. The van der Waals surface area contributed by atoms with E-state index in [-0.39, 0.29) is 11.5 Å². The lowest BCUT2D eigenvalue weighted by Gasteiger charge is -2.04. The number of nitrogens with one attached hydrogen (secondary N) is 1. The van der Waals surface area contributed by atoms with Crippen molar-refractivity contribution in [2.75, 3.05) is 5.32 Å². The van der Waals surface area contributed by atoms with Crippen LogP contribution in [0.2, 0.25) is 0 Å². The van der Waals surface area contributed by atoms with Crippen LogP contribution in [-0.4, -0.2) is 10.9 Å². The average molecular weight is 248 g/mol. The summed E-state index contributed by atoms with van der Waals surface area (Å²) in [5.74, 6) is 0.0961. The van der Waals surface area contributed by atoms with Crippen molar-refractivity contribution in [3.8, 4) is 0 Å². The third-order valence-electron chi connectivity index (χ3n) is 2.55. The molecule has 0 aliphatic rings. The molecular weight excluding hydrogens is 235 g/mol. The molecule has 0 aliphatic carbocycles. The molecule has 0 atom stereocenters. The molecule has 2 rings (SSSR count). The van der Waals surface area contributed by atoms with Gasteiger partial charge in [0.15, 0.2) is 11.6 Å². The summed E-state index contributed by atoms with van der Waals surface area (Å²) in [6.45, 7) is 4.98. The van der Waals surface area contributed by atoms with Crippen LogP contribution >= 0.6 is 0 Å². The molecule has 0 saturated carbocycles. The van der Waals surface area contributed by atoms with E-state index in [2.05, 4.69) is 10.3 Å². The lowest BCUT2D eigenvalue weighted by Crippen LogP contribution is -2.13. The zero-order valence-corrected chi connectivity index (χ0v) is 10.4. The van der Waals surface area contributed by atoms with Gasteiger partial charge in [0, 0.05) is 12.6 Å². The van der Waals surface area contributed by atoms with Crippen molar-refractivity contribution in [3.05, 3.63) is 46.9 Å². The molecule has 0 bridgehead atoms. The first-order chi connectivity index (χ1) is 8.47. The van der Waals surface area contributed by atoms with Gasteiger partial charge in [0.2, 0.25) is 0 Å². The number of aryl methyl sites for hydroxylation is 3. The van der Waals surface area contributed by atoms with E-state index in [0.29, 0.717) is 22.9 Å². The van der Waals surface area contributed by atoms with Gasteiger partial charge in [0.25, 0.3) is 5.91 Å². The predicted octanol–water partition coefficient (Wildman–Crippen LogP) is 2.99. The second-order valence-corrected chi connectivity index (χ2v) is 4.06. The van der Waals surface area contributed by atoms with Crippen LogP contribution in [0.3, 0.4) is 0 Å². The molecular formula is C13H13FN2O2. The maximum absolute atomic E-state index is 13.3. The molecule has 0 radical (unpaired) electrons. The predicted molar refractivity (Wildman–Crippen MR) is 65.1 cm³/mol. The van der Waals surface area contributed by atoms with Gasteiger partial charge in [-0.3, -0.25) is 4.79 Å². The lowest BCUT2D eigenvalue weighted by atomic mass is 10.2. The Labute approximate surface area is 104 Å². The summed E-state index contributed by atoms with van der Waals surface area (Å²) in [4.78, 5) is 15.9. The average Bonchev–Trinajstić information content (AvgIpc) is 2.63. The molecule has 1 heterocycles. The van der Waals surface area contributed by atoms with Gasteiger partial charge in [-0.15, -0.1) is 0 Å². The van der Waals surface area contributed by atoms with Crippen LogP contribution < -0.4 is 5.32 Å². The molecule has 0 aliphatic heterocycles. The summed E-state index contributed by atoms with van der Waals surface area (Å²) < 4.78 is 18.5. The first-order valence-electron chi connectivity index (χ1n) is 5.49. The van der Waals surface area contributed by atoms with E-state index in [9.17, 15) is 9.18 Å². The third kappa shape index (κ3) is 2.40. The molecule has 0 fully saturated rings. The standard InChI is InChI=1S/C13H13FN2O2/c1-7-4-5-10(6-11(7)14)16-13(17)12-8(2)18-9(3)15-12/h4-6H,1-3H3,(H,16,17). The van der Waals surface area contributed by atoms with Gasteiger partial charge in [0.1, 0.15) is 11.6 Å². The maximum Gasteiger partial charge on any atom is 0.277 e. The molecule has 1 aromatic heterocycles. The maximum atomic E-state index is 13.3. The number of oxazole rings is 1. The van der Waals surface area contributed by atoms with Crippen molar-refractivity contribution in [2.24, 2.45) is 0 Å². The quantitative estimate of drug-likeness (QED) is 0.888. The van der Waals surface area contributed by atoms with E-state index in [0.717, 1.165) is 0 Å². The molecule has 1 N–H and O–H groups in total. The summed E-state index contributed by atoms with van der Waals surface area (Å²) in [6.07, 6.45) is 0. The zero-order valence-electron chi connectivity index (χ0n) is 10.4. The van der Waals surface area contributed by atoms with Gasteiger partial charge in [-0.1, -0.05) is 6.07 Å². The second kappa shape index (κ2) is 4.60. The summed E-state index contributed by atoms with van der Waals surface area (Å²) >= 11 is 0. The van der Waals surface area contributed by atoms with E-state index >= 15 is 0 Å². The SMILES string of the molecule is Cc1nc(C(=O)Nc2ccc(C)c(F)c2)c(C)o1. The van der Waals surface area contributed by atoms with Gasteiger partial charge in [0.05, 0.1) is 0 Å². The highest BCUT2D eigenvalue weighted by molar-refractivity contribution is 6.03. The Morgan fingerprint density at radius 1 is 1.33 bits per heavy atom.